The third kappa shape index (κ3) is 5.73. The van der Waals surface area contributed by atoms with Gasteiger partial charge in [-0.2, -0.15) is 5.26 Å². The molecule has 3 amide bonds. The predicted octanol–water partition coefficient (Wildman–Crippen LogP) is 1.88. The molecule has 29 heavy (non-hydrogen) atoms. The number of rotatable bonds is 8. The van der Waals surface area contributed by atoms with Crippen LogP contribution in [0.3, 0.4) is 0 Å². The lowest BCUT2D eigenvalue weighted by Crippen LogP contribution is -2.50. The number of hydrogen-bond donors (Lipinski definition) is 4. The largest absolute Gasteiger partial charge is 0.356 e. The first-order chi connectivity index (χ1) is 13.7. The fourth-order valence-corrected chi connectivity index (χ4v) is 3.90. The standard InChI is InChI=1S/C20H26ClN5O3/c1-20(2)8-12(17(27)26-20)6-14(9-22)24-19(29)16(5-11-3-4-11)25-18(28)15-7-13(21)10-23-15/h7,10-12,14,16,23H,3-6,8H2,1-2H3,(H,24,29)(H,25,28)(H,26,27)/t12-,14+,16+/m1/s1. The van der Waals surface area contributed by atoms with Gasteiger partial charge in [-0.1, -0.05) is 24.4 Å². The van der Waals surface area contributed by atoms with Gasteiger partial charge in [0.15, 0.2) is 0 Å². The van der Waals surface area contributed by atoms with Crippen molar-refractivity contribution in [2.45, 2.75) is 63.6 Å². The lowest BCUT2D eigenvalue weighted by atomic mass is 9.92. The number of aromatic amines is 1. The van der Waals surface area contributed by atoms with Gasteiger partial charge in [0, 0.05) is 17.7 Å². The fraction of sp³-hybridized carbons (Fsp3) is 0.600. The number of H-pyrrole nitrogens is 1. The SMILES string of the molecule is CC1(C)C[C@@H](C[C@@H](C#N)NC(=O)[C@H](CC2CC2)NC(=O)c2cc(Cl)c[nH]2)C(=O)N1. The third-order valence-corrected chi connectivity index (χ3v) is 5.58. The van der Waals surface area contributed by atoms with Crippen LogP contribution >= 0.6 is 11.6 Å². The van der Waals surface area contributed by atoms with Crippen LogP contribution in [0.25, 0.3) is 0 Å². The summed E-state index contributed by atoms with van der Waals surface area (Å²) in [5, 5.41) is 18.2. The van der Waals surface area contributed by atoms with Gasteiger partial charge in [0.25, 0.3) is 5.91 Å². The molecule has 0 radical (unpaired) electrons. The van der Waals surface area contributed by atoms with Gasteiger partial charge in [0.1, 0.15) is 17.8 Å². The highest BCUT2D eigenvalue weighted by atomic mass is 35.5. The molecule has 3 atom stereocenters. The monoisotopic (exact) mass is 419 g/mol. The first-order valence-electron chi connectivity index (χ1n) is 9.83. The number of amides is 3. The van der Waals surface area contributed by atoms with E-state index in [9.17, 15) is 19.6 Å². The van der Waals surface area contributed by atoms with Gasteiger partial charge in [0.2, 0.25) is 11.8 Å². The number of carbonyl (C=O) groups is 3. The summed E-state index contributed by atoms with van der Waals surface area (Å²) in [6.45, 7) is 3.86. The summed E-state index contributed by atoms with van der Waals surface area (Å²) in [4.78, 5) is 40.1. The van der Waals surface area contributed by atoms with Gasteiger partial charge in [-0.25, -0.2) is 0 Å². The summed E-state index contributed by atoms with van der Waals surface area (Å²) in [7, 11) is 0. The number of halogens is 1. The van der Waals surface area contributed by atoms with E-state index in [0.29, 0.717) is 23.8 Å². The fourth-order valence-electron chi connectivity index (χ4n) is 3.74. The Bertz CT molecular complexity index is 839. The molecule has 156 valence electrons. The van der Waals surface area contributed by atoms with Crippen molar-refractivity contribution in [1.82, 2.24) is 20.9 Å². The summed E-state index contributed by atoms with van der Waals surface area (Å²) < 4.78 is 0. The van der Waals surface area contributed by atoms with E-state index in [1.165, 1.54) is 12.3 Å². The van der Waals surface area contributed by atoms with E-state index in [1.807, 2.05) is 13.8 Å². The Kier molecular flexibility index (Phi) is 6.18. The minimum absolute atomic E-state index is 0.101. The molecule has 4 N–H and O–H groups in total. The van der Waals surface area contributed by atoms with E-state index >= 15 is 0 Å². The highest BCUT2D eigenvalue weighted by Crippen LogP contribution is 2.34. The summed E-state index contributed by atoms with van der Waals surface area (Å²) >= 11 is 5.84. The van der Waals surface area contributed by atoms with E-state index in [4.69, 9.17) is 11.6 Å². The van der Waals surface area contributed by atoms with E-state index < -0.39 is 23.9 Å². The van der Waals surface area contributed by atoms with E-state index in [1.54, 1.807) is 0 Å². The number of nitriles is 1. The Hall–Kier alpha value is -2.53. The number of carbonyl (C=O) groups excluding carboxylic acids is 3. The Morgan fingerprint density at radius 3 is 2.59 bits per heavy atom. The molecule has 1 saturated carbocycles. The first-order valence-corrected chi connectivity index (χ1v) is 10.2. The van der Waals surface area contributed by atoms with Crippen LogP contribution < -0.4 is 16.0 Å². The van der Waals surface area contributed by atoms with Gasteiger partial charge >= 0.3 is 0 Å². The molecule has 0 bridgehead atoms. The van der Waals surface area contributed by atoms with Gasteiger partial charge < -0.3 is 20.9 Å². The van der Waals surface area contributed by atoms with Crippen LogP contribution in [0.1, 0.15) is 56.4 Å². The first kappa shape index (κ1) is 21.2. The number of hydrogen-bond acceptors (Lipinski definition) is 4. The lowest BCUT2D eigenvalue weighted by molar-refractivity contribution is -0.125. The van der Waals surface area contributed by atoms with Crippen molar-refractivity contribution in [2.75, 3.05) is 0 Å². The summed E-state index contributed by atoms with van der Waals surface area (Å²) in [6, 6.07) is 2.01. The Balaban J connectivity index is 1.61. The second-order valence-corrected chi connectivity index (χ2v) is 9.07. The van der Waals surface area contributed by atoms with Crippen LogP contribution in [0.5, 0.6) is 0 Å². The molecule has 3 rings (SSSR count). The van der Waals surface area contributed by atoms with Crippen molar-refractivity contribution < 1.29 is 14.4 Å². The summed E-state index contributed by atoms with van der Waals surface area (Å²) in [6.07, 6.45) is 4.90. The summed E-state index contributed by atoms with van der Waals surface area (Å²) in [5.41, 5.74) is -0.0451. The molecule has 2 aliphatic rings. The molecule has 1 aliphatic carbocycles. The Morgan fingerprint density at radius 2 is 2.07 bits per heavy atom. The average Bonchev–Trinajstić information content (AvgIpc) is 3.28. The van der Waals surface area contributed by atoms with Crippen LogP contribution in [-0.4, -0.2) is 40.3 Å². The predicted molar refractivity (Wildman–Crippen MR) is 107 cm³/mol. The highest BCUT2D eigenvalue weighted by Gasteiger charge is 2.39. The van der Waals surface area contributed by atoms with Crippen molar-refractivity contribution in [3.8, 4) is 6.07 Å². The Morgan fingerprint density at radius 1 is 1.34 bits per heavy atom. The Labute approximate surface area is 174 Å². The van der Waals surface area contributed by atoms with Crippen LogP contribution in [0, 0.1) is 23.2 Å². The van der Waals surface area contributed by atoms with Gasteiger partial charge in [-0.05, 0) is 45.1 Å². The van der Waals surface area contributed by atoms with E-state index in [-0.39, 0.29) is 29.5 Å². The number of aromatic nitrogens is 1. The molecular formula is C20H26ClN5O3. The molecule has 0 unspecified atom stereocenters. The van der Waals surface area contributed by atoms with Gasteiger partial charge in [-0.15, -0.1) is 0 Å². The van der Waals surface area contributed by atoms with Gasteiger partial charge in [-0.3, -0.25) is 14.4 Å². The summed E-state index contributed by atoms with van der Waals surface area (Å²) in [5.74, 6) is -0.876. The van der Waals surface area contributed by atoms with Crippen molar-refractivity contribution in [2.24, 2.45) is 11.8 Å². The topological polar surface area (TPSA) is 127 Å². The number of nitrogens with one attached hydrogen (secondary N) is 4. The molecule has 0 spiro atoms. The molecule has 1 aromatic rings. The zero-order valence-corrected chi connectivity index (χ0v) is 17.3. The molecular weight excluding hydrogens is 394 g/mol. The molecule has 1 saturated heterocycles. The van der Waals surface area contributed by atoms with Crippen molar-refractivity contribution in [3.63, 3.8) is 0 Å². The quantitative estimate of drug-likeness (QED) is 0.513. The molecule has 1 aromatic heterocycles. The third-order valence-electron chi connectivity index (χ3n) is 5.36. The maximum Gasteiger partial charge on any atom is 0.268 e. The van der Waals surface area contributed by atoms with Crippen LogP contribution in [-0.2, 0) is 9.59 Å². The lowest BCUT2D eigenvalue weighted by Gasteiger charge is -2.21. The number of nitrogens with zero attached hydrogens (tertiary/aromatic N) is 1. The maximum atomic E-state index is 12.8. The molecule has 2 fully saturated rings. The molecule has 1 aliphatic heterocycles. The van der Waals surface area contributed by atoms with E-state index in [0.717, 1.165) is 12.8 Å². The van der Waals surface area contributed by atoms with Crippen LogP contribution in [0.15, 0.2) is 12.3 Å². The molecule has 0 aromatic carbocycles. The molecule has 8 nitrogen and oxygen atoms in total. The van der Waals surface area contributed by atoms with Crippen molar-refractivity contribution in [3.05, 3.63) is 23.0 Å². The van der Waals surface area contributed by atoms with Crippen LogP contribution in [0.2, 0.25) is 5.02 Å². The van der Waals surface area contributed by atoms with Crippen LogP contribution in [0.4, 0.5) is 0 Å². The van der Waals surface area contributed by atoms with Crippen molar-refractivity contribution in [1.29, 1.82) is 5.26 Å². The highest BCUT2D eigenvalue weighted by molar-refractivity contribution is 6.31. The zero-order valence-electron chi connectivity index (χ0n) is 16.5. The average molecular weight is 420 g/mol. The maximum absolute atomic E-state index is 12.8. The smallest absolute Gasteiger partial charge is 0.268 e. The second kappa shape index (κ2) is 8.46. The van der Waals surface area contributed by atoms with Crippen molar-refractivity contribution >= 4 is 29.3 Å². The normalized spacial score (nSPS) is 22.3. The second-order valence-electron chi connectivity index (χ2n) is 8.64. The zero-order chi connectivity index (χ0) is 21.2. The van der Waals surface area contributed by atoms with E-state index in [2.05, 4.69) is 27.0 Å². The molecule has 2 heterocycles. The van der Waals surface area contributed by atoms with Gasteiger partial charge in [0.05, 0.1) is 11.1 Å². The minimum atomic E-state index is -0.800. The minimum Gasteiger partial charge on any atom is -0.356 e. The molecule has 9 heteroatoms.